The minimum Gasteiger partial charge on any atom is -0.310 e. The Hall–Kier alpha value is -0.800. The molecule has 0 bridgehead atoms. The zero-order chi connectivity index (χ0) is 14.1. The first-order valence-corrected chi connectivity index (χ1v) is 8.20. The van der Waals surface area contributed by atoms with Crippen molar-refractivity contribution in [3.05, 3.63) is 23.1 Å². The van der Waals surface area contributed by atoms with Gasteiger partial charge in [0.15, 0.2) is 5.65 Å². The van der Waals surface area contributed by atoms with E-state index >= 15 is 0 Å². The Morgan fingerprint density at radius 3 is 2.85 bits per heavy atom. The maximum absolute atomic E-state index is 6.03. The number of imidazole rings is 1. The Morgan fingerprint density at radius 2 is 2.15 bits per heavy atom. The molecular weight excluding hydrogens is 293 g/mol. The van der Waals surface area contributed by atoms with Crippen LogP contribution < -0.4 is 0 Å². The van der Waals surface area contributed by atoms with Crippen LogP contribution in [0.15, 0.2) is 12.3 Å². The molecule has 2 heterocycles. The van der Waals surface area contributed by atoms with Crippen LogP contribution in [0.25, 0.3) is 11.2 Å². The highest BCUT2D eigenvalue weighted by molar-refractivity contribution is 6.31. The van der Waals surface area contributed by atoms with Gasteiger partial charge in [0.05, 0.1) is 5.02 Å². The smallest absolute Gasteiger partial charge is 0.160 e. The summed E-state index contributed by atoms with van der Waals surface area (Å²) in [5.74, 6) is 2.33. The topological polar surface area (TPSA) is 30.7 Å². The number of hydrogen-bond donors (Lipinski definition) is 0. The predicted octanol–water partition coefficient (Wildman–Crippen LogP) is 4.62. The number of fused-ring (bicyclic) bond motifs is 1. The molecule has 3 nitrogen and oxygen atoms in total. The first-order valence-electron chi connectivity index (χ1n) is 7.29. The van der Waals surface area contributed by atoms with Gasteiger partial charge in [-0.1, -0.05) is 24.4 Å². The minimum absolute atomic E-state index is 0.425. The van der Waals surface area contributed by atoms with Crippen molar-refractivity contribution in [2.24, 2.45) is 5.92 Å². The van der Waals surface area contributed by atoms with Crippen molar-refractivity contribution in [3.8, 4) is 0 Å². The number of hydrogen-bond acceptors (Lipinski definition) is 2. The first kappa shape index (κ1) is 14.2. The molecule has 0 saturated heterocycles. The summed E-state index contributed by atoms with van der Waals surface area (Å²) in [4.78, 5) is 9.19. The second-order valence-corrected chi connectivity index (χ2v) is 6.43. The van der Waals surface area contributed by atoms with E-state index in [0.29, 0.717) is 16.9 Å². The maximum Gasteiger partial charge on any atom is 0.160 e. The quantitative estimate of drug-likeness (QED) is 0.771. The lowest BCUT2D eigenvalue weighted by atomic mass is 9.99. The molecule has 0 aliphatic heterocycles. The Labute approximate surface area is 129 Å². The maximum atomic E-state index is 6.03. The van der Waals surface area contributed by atoms with Gasteiger partial charge in [-0.25, -0.2) is 9.97 Å². The van der Waals surface area contributed by atoms with Crippen LogP contribution in [0.2, 0.25) is 5.02 Å². The van der Waals surface area contributed by atoms with Crippen molar-refractivity contribution in [2.45, 2.75) is 45.1 Å². The number of alkyl halides is 1. The zero-order valence-electron chi connectivity index (χ0n) is 11.6. The van der Waals surface area contributed by atoms with Gasteiger partial charge in [-0.05, 0) is 31.7 Å². The lowest BCUT2D eigenvalue weighted by Gasteiger charge is -2.22. The Morgan fingerprint density at radius 1 is 1.40 bits per heavy atom. The first-order chi connectivity index (χ1) is 9.70. The number of nitrogens with zero attached hydrogens (tertiary/aromatic N) is 3. The Balaban J connectivity index is 2.07. The molecule has 5 heteroatoms. The van der Waals surface area contributed by atoms with Gasteiger partial charge in [0.25, 0.3) is 0 Å². The van der Waals surface area contributed by atoms with Gasteiger partial charge in [0.1, 0.15) is 11.3 Å². The third-order valence-electron chi connectivity index (χ3n) is 4.38. The van der Waals surface area contributed by atoms with E-state index in [-0.39, 0.29) is 0 Å². The van der Waals surface area contributed by atoms with Gasteiger partial charge in [-0.3, -0.25) is 0 Å². The van der Waals surface area contributed by atoms with Crippen LogP contribution >= 0.6 is 23.2 Å². The van der Waals surface area contributed by atoms with Crippen LogP contribution in [0.5, 0.6) is 0 Å². The molecule has 0 N–H and O–H groups in total. The van der Waals surface area contributed by atoms with E-state index < -0.39 is 0 Å². The lowest BCUT2D eigenvalue weighted by Crippen LogP contribution is -2.17. The average Bonchev–Trinajstić information content (AvgIpc) is 3.05. The van der Waals surface area contributed by atoms with Gasteiger partial charge in [-0.15, -0.1) is 11.6 Å². The molecule has 1 unspecified atom stereocenters. The standard InChI is InChI=1S/C15H19Cl2N3/c1-10(11-4-2-3-5-11)20-14(6-7-16)19-13-8-12(17)9-18-15(13)20/h8-11H,2-7H2,1H3. The summed E-state index contributed by atoms with van der Waals surface area (Å²) in [7, 11) is 0. The molecule has 20 heavy (non-hydrogen) atoms. The summed E-state index contributed by atoms with van der Waals surface area (Å²) in [5.41, 5.74) is 1.82. The fraction of sp³-hybridized carbons (Fsp3) is 0.600. The Kier molecular flexibility index (Phi) is 4.18. The molecular formula is C15H19Cl2N3. The summed E-state index contributed by atoms with van der Waals surface area (Å²) >= 11 is 12.0. The summed E-state index contributed by atoms with van der Waals surface area (Å²) in [5, 5.41) is 0.632. The van der Waals surface area contributed by atoms with Gasteiger partial charge < -0.3 is 4.57 Å². The highest BCUT2D eigenvalue weighted by Crippen LogP contribution is 2.36. The summed E-state index contributed by atoms with van der Waals surface area (Å²) in [6, 6.07) is 2.31. The highest BCUT2D eigenvalue weighted by Gasteiger charge is 2.26. The second-order valence-electron chi connectivity index (χ2n) is 5.62. The predicted molar refractivity (Wildman–Crippen MR) is 83.6 cm³/mol. The highest BCUT2D eigenvalue weighted by atomic mass is 35.5. The minimum atomic E-state index is 0.425. The molecule has 1 aliphatic rings. The average molecular weight is 312 g/mol. The van der Waals surface area contributed by atoms with E-state index in [1.165, 1.54) is 25.7 Å². The summed E-state index contributed by atoms with van der Waals surface area (Å²) < 4.78 is 2.28. The third kappa shape index (κ3) is 2.53. The van der Waals surface area contributed by atoms with Crippen molar-refractivity contribution in [3.63, 3.8) is 0 Å². The van der Waals surface area contributed by atoms with Crippen LogP contribution in [0, 0.1) is 5.92 Å². The number of aromatic nitrogens is 3. The van der Waals surface area contributed by atoms with Gasteiger partial charge in [-0.2, -0.15) is 0 Å². The SMILES string of the molecule is CC(C1CCCC1)n1c(CCCl)nc2cc(Cl)cnc21. The van der Waals surface area contributed by atoms with Crippen molar-refractivity contribution < 1.29 is 0 Å². The van der Waals surface area contributed by atoms with E-state index in [2.05, 4.69) is 21.5 Å². The van der Waals surface area contributed by atoms with Crippen LogP contribution in [0.4, 0.5) is 0 Å². The van der Waals surface area contributed by atoms with E-state index in [4.69, 9.17) is 23.2 Å². The normalized spacial score (nSPS) is 17.9. The van der Waals surface area contributed by atoms with Crippen molar-refractivity contribution in [1.82, 2.24) is 14.5 Å². The molecule has 0 aromatic carbocycles. The fourth-order valence-electron chi connectivity index (χ4n) is 3.34. The number of aryl methyl sites for hydroxylation is 1. The van der Waals surface area contributed by atoms with Crippen LogP contribution in [0.1, 0.15) is 44.5 Å². The van der Waals surface area contributed by atoms with Crippen molar-refractivity contribution >= 4 is 34.4 Å². The van der Waals surface area contributed by atoms with Crippen LogP contribution in [-0.2, 0) is 6.42 Å². The molecule has 0 radical (unpaired) electrons. The van der Waals surface area contributed by atoms with E-state index in [1.807, 2.05) is 6.07 Å². The summed E-state index contributed by atoms with van der Waals surface area (Å²) in [6.07, 6.45) is 7.75. The molecule has 1 atom stereocenters. The fourth-order valence-corrected chi connectivity index (χ4v) is 3.67. The molecule has 1 saturated carbocycles. The number of pyridine rings is 1. The second kappa shape index (κ2) is 5.90. The van der Waals surface area contributed by atoms with Gasteiger partial charge in [0, 0.05) is 24.5 Å². The monoisotopic (exact) mass is 311 g/mol. The molecule has 1 aliphatic carbocycles. The molecule has 0 amide bonds. The van der Waals surface area contributed by atoms with Crippen LogP contribution in [0.3, 0.4) is 0 Å². The third-order valence-corrected chi connectivity index (χ3v) is 4.77. The van der Waals surface area contributed by atoms with E-state index in [1.54, 1.807) is 6.20 Å². The lowest BCUT2D eigenvalue weighted by molar-refractivity contribution is 0.359. The van der Waals surface area contributed by atoms with Crippen LogP contribution in [-0.4, -0.2) is 20.4 Å². The Bertz CT molecular complexity index is 602. The molecule has 108 valence electrons. The molecule has 3 rings (SSSR count). The molecule has 0 spiro atoms. The zero-order valence-corrected chi connectivity index (χ0v) is 13.2. The molecule has 2 aromatic rings. The number of halogens is 2. The van der Waals surface area contributed by atoms with Gasteiger partial charge >= 0.3 is 0 Å². The van der Waals surface area contributed by atoms with Gasteiger partial charge in [0.2, 0.25) is 0 Å². The van der Waals surface area contributed by atoms with E-state index in [9.17, 15) is 0 Å². The largest absolute Gasteiger partial charge is 0.310 e. The van der Waals surface area contributed by atoms with Crippen molar-refractivity contribution in [1.29, 1.82) is 0 Å². The molecule has 1 fully saturated rings. The summed E-state index contributed by atoms with van der Waals surface area (Å²) in [6.45, 7) is 2.28. The molecule has 2 aromatic heterocycles. The van der Waals surface area contributed by atoms with E-state index in [0.717, 1.165) is 29.3 Å². The number of rotatable bonds is 4. The van der Waals surface area contributed by atoms with Crippen molar-refractivity contribution in [2.75, 3.05) is 5.88 Å².